The molecule has 3 heterocycles. The van der Waals surface area contributed by atoms with Crippen LogP contribution in [0.15, 0.2) is 30.5 Å². The maximum absolute atomic E-state index is 5.57. The van der Waals surface area contributed by atoms with E-state index in [1.54, 1.807) is 0 Å². The minimum Gasteiger partial charge on any atom is -0.356 e. The Balaban J connectivity index is 2.28. The van der Waals surface area contributed by atoms with Crippen molar-refractivity contribution in [2.75, 3.05) is 0 Å². The molecule has 2 atom stereocenters. The van der Waals surface area contributed by atoms with Gasteiger partial charge in [-0.1, -0.05) is 18.2 Å². The van der Waals surface area contributed by atoms with Crippen LogP contribution in [0.2, 0.25) is 0 Å². The van der Waals surface area contributed by atoms with E-state index in [1.807, 2.05) is 12.3 Å². The number of nitrogens with zero attached hydrogens (tertiary/aromatic N) is 1. The number of pyridine rings is 1. The maximum atomic E-state index is 5.57. The number of hydrogen-bond donors (Lipinski definition) is 0. The summed E-state index contributed by atoms with van der Waals surface area (Å²) < 4.78 is 5.57. The van der Waals surface area contributed by atoms with Crippen LogP contribution in [0.3, 0.4) is 0 Å². The molecule has 2 aliphatic rings. The molecule has 0 saturated carbocycles. The van der Waals surface area contributed by atoms with E-state index in [0.29, 0.717) is 0 Å². The number of aromatic nitrogens is 1. The van der Waals surface area contributed by atoms with Crippen molar-refractivity contribution in [1.29, 1.82) is 0 Å². The maximum Gasteiger partial charge on any atom is 0.119 e. The molecule has 1 aromatic heterocycles. The highest BCUT2D eigenvalue weighted by Gasteiger charge is 2.33. The predicted octanol–water partition coefficient (Wildman–Crippen LogP) is 1.76. The van der Waals surface area contributed by atoms with Crippen molar-refractivity contribution in [3.05, 3.63) is 41.7 Å². The second kappa shape index (κ2) is 1.71. The van der Waals surface area contributed by atoms with Gasteiger partial charge in [-0.05, 0) is 6.07 Å². The van der Waals surface area contributed by atoms with Gasteiger partial charge in [0.05, 0.1) is 5.69 Å². The standard InChI is InChI=1S/C9H7NO/c1-2-6-7-3-4-8(11-7)9(6)10-5-1/h1-5,7-8H. The Bertz CT molecular complexity index is 301. The van der Waals surface area contributed by atoms with Gasteiger partial charge in [0.15, 0.2) is 0 Å². The summed E-state index contributed by atoms with van der Waals surface area (Å²) in [4.78, 5) is 4.27. The highest BCUT2D eigenvalue weighted by atomic mass is 16.5. The van der Waals surface area contributed by atoms with Crippen molar-refractivity contribution in [2.45, 2.75) is 12.2 Å². The molecule has 2 heteroatoms. The molecule has 2 unspecified atom stereocenters. The third kappa shape index (κ3) is 0.576. The first-order valence-electron chi connectivity index (χ1n) is 3.74. The molecule has 0 saturated heterocycles. The molecule has 1 aromatic rings. The van der Waals surface area contributed by atoms with E-state index in [2.05, 4.69) is 23.2 Å². The molecular weight excluding hydrogens is 138 g/mol. The first-order chi connectivity index (χ1) is 5.45. The van der Waals surface area contributed by atoms with Gasteiger partial charge in [0.1, 0.15) is 12.2 Å². The Morgan fingerprint density at radius 1 is 1.27 bits per heavy atom. The Kier molecular flexibility index (Phi) is 0.855. The first-order valence-corrected chi connectivity index (χ1v) is 3.74. The van der Waals surface area contributed by atoms with Crippen molar-refractivity contribution in [3.63, 3.8) is 0 Å². The van der Waals surface area contributed by atoms with Crippen LogP contribution in [0.5, 0.6) is 0 Å². The molecule has 0 aromatic carbocycles. The Labute approximate surface area is 64.5 Å². The van der Waals surface area contributed by atoms with Gasteiger partial charge in [0.2, 0.25) is 0 Å². The van der Waals surface area contributed by atoms with E-state index in [9.17, 15) is 0 Å². The van der Waals surface area contributed by atoms with Crippen LogP contribution in [0.1, 0.15) is 23.5 Å². The summed E-state index contributed by atoms with van der Waals surface area (Å²) in [6.07, 6.45) is 6.30. The van der Waals surface area contributed by atoms with Gasteiger partial charge in [0.25, 0.3) is 0 Å². The van der Waals surface area contributed by atoms with Gasteiger partial charge in [-0.2, -0.15) is 0 Å². The van der Waals surface area contributed by atoms with Crippen molar-refractivity contribution in [3.8, 4) is 0 Å². The number of hydrogen-bond acceptors (Lipinski definition) is 2. The second-order valence-electron chi connectivity index (χ2n) is 2.84. The van der Waals surface area contributed by atoms with Crippen LogP contribution in [-0.4, -0.2) is 4.98 Å². The molecule has 0 spiro atoms. The Morgan fingerprint density at radius 2 is 2.18 bits per heavy atom. The summed E-state index contributed by atoms with van der Waals surface area (Å²) in [6.45, 7) is 0. The average molecular weight is 145 g/mol. The SMILES string of the molecule is C1=CC2OC1c1cccnc12. The molecule has 2 aliphatic heterocycles. The molecule has 0 fully saturated rings. The highest BCUT2D eigenvalue weighted by Crippen LogP contribution is 2.43. The van der Waals surface area contributed by atoms with Gasteiger partial charge >= 0.3 is 0 Å². The third-order valence-corrected chi connectivity index (χ3v) is 2.20. The van der Waals surface area contributed by atoms with Gasteiger partial charge in [-0.15, -0.1) is 0 Å². The largest absolute Gasteiger partial charge is 0.356 e. The van der Waals surface area contributed by atoms with Gasteiger partial charge in [-0.25, -0.2) is 0 Å². The molecule has 0 amide bonds. The minimum absolute atomic E-state index is 0.135. The summed E-state index contributed by atoms with van der Waals surface area (Å²) in [5.74, 6) is 0. The van der Waals surface area contributed by atoms with Crippen LogP contribution in [0, 0.1) is 0 Å². The normalized spacial score (nSPS) is 30.9. The summed E-state index contributed by atoms with van der Waals surface area (Å²) in [6, 6.07) is 4.03. The van der Waals surface area contributed by atoms with Crippen molar-refractivity contribution in [1.82, 2.24) is 4.98 Å². The smallest absolute Gasteiger partial charge is 0.119 e. The summed E-state index contributed by atoms with van der Waals surface area (Å²) in [5, 5.41) is 0. The quantitative estimate of drug-likeness (QED) is 0.519. The van der Waals surface area contributed by atoms with Crippen molar-refractivity contribution < 1.29 is 4.74 Å². The van der Waals surface area contributed by atoms with Crippen LogP contribution in [-0.2, 0) is 4.74 Å². The van der Waals surface area contributed by atoms with Crippen molar-refractivity contribution in [2.24, 2.45) is 0 Å². The molecule has 2 bridgehead atoms. The van der Waals surface area contributed by atoms with Crippen LogP contribution in [0.25, 0.3) is 0 Å². The molecule has 11 heavy (non-hydrogen) atoms. The first kappa shape index (κ1) is 5.49. The number of fused-ring (bicyclic) bond motifs is 5. The Hall–Kier alpha value is -1.15. The van der Waals surface area contributed by atoms with Crippen LogP contribution < -0.4 is 0 Å². The van der Waals surface area contributed by atoms with Gasteiger partial charge in [0, 0.05) is 11.8 Å². The fourth-order valence-corrected chi connectivity index (χ4v) is 1.69. The molecular formula is C9H7NO. The number of ether oxygens (including phenoxy) is 1. The molecule has 54 valence electrons. The van der Waals surface area contributed by atoms with E-state index in [-0.39, 0.29) is 12.2 Å². The zero-order valence-corrected chi connectivity index (χ0v) is 5.90. The van der Waals surface area contributed by atoms with E-state index in [1.165, 1.54) is 5.56 Å². The molecule has 3 rings (SSSR count). The fraction of sp³-hybridized carbons (Fsp3) is 0.222. The minimum atomic E-state index is 0.135. The highest BCUT2D eigenvalue weighted by molar-refractivity contribution is 5.38. The second-order valence-corrected chi connectivity index (χ2v) is 2.84. The molecule has 0 N–H and O–H groups in total. The van der Waals surface area contributed by atoms with Crippen molar-refractivity contribution >= 4 is 0 Å². The lowest BCUT2D eigenvalue weighted by Crippen LogP contribution is -1.94. The fourth-order valence-electron chi connectivity index (χ4n) is 1.69. The summed E-state index contributed by atoms with van der Waals surface area (Å²) in [7, 11) is 0. The monoisotopic (exact) mass is 145 g/mol. The lowest BCUT2D eigenvalue weighted by atomic mass is 10.0. The molecule has 0 radical (unpaired) electrons. The van der Waals surface area contributed by atoms with E-state index < -0.39 is 0 Å². The molecule has 2 nitrogen and oxygen atoms in total. The van der Waals surface area contributed by atoms with E-state index >= 15 is 0 Å². The van der Waals surface area contributed by atoms with Gasteiger partial charge in [-0.3, -0.25) is 4.98 Å². The number of rotatable bonds is 0. The topological polar surface area (TPSA) is 22.1 Å². The summed E-state index contributed by atoms with van der Waals surface area (Å²) >= 11 is 0. The average Bonchev–Trinajstić information content (AvgIpc) is 2.64. The van der Waals surface area contributed by atoms with Gasteiger partial charge < -0.3 is 4.74 Å². The zero-order chi connectivity index (χ0) is 7.26. The zero-order valence-electron chi connectivity index (χ0n) is 5.90. The van der Waals surface area contributed by atoms with Crippen LogP contribution in [0.4, 0.5) is 0 Å². The van der Waals surface area contributed by atoms with E-state index in [0.717, 1.165) is 5.69 Å². The molecule has 0 aliphatic carbocycles. The Morgan fingerprint density at radius 3 is 3.09 bits per heavy atom. The third-order valence-electron chi connectivity index (χ3n) is 2.20. The van der Waals surface area contributed by atoms with Crippen LogP contribution >= 0.6 is 0 Å². The lowest BCUT2D eigenvalue weighted by molar-refractivity contribution is 0.0865. The predicted molar refractivity (Wildman–Crippen MR) is 39.9 cm³/mol. The summed E-state index contributed by atoms with van der Waals surface area (Å²) in [5.41, 5.74) is 2.33. The van der Waals surface area contributed by atoms with E-state index in [4.69, 9.17) is 4.74 Å². The lowest BCUT2D eigenvalue weighted by Gasteiger charge is -2.02.